The van der Waals surface area contributed by atoms with Gasteiger partial charge in [0.1, 0.15) is 13.2 Å². The van der Waals surface area contributed by atoms with Gasteiger partial charge in [0, 0.05) is 34.7 Å². The van der Waals surface area contributed by atoms with E-state index in [1.807, 2.05) is 37.3 Å². The third-order valence-corrected chi connectivity index (χ3v) is 5.82. The van der Waals surface area contributed by atoms with Crippen molar-refractivity contribution in [2.75, 3.05) is 30.0 Å². The van der Waals surface area contributed by atoms with Crippen LogP contribution in [0.3, 0.4) is 0 Å². The van der Waals surface area contributed by atoms with Gasteiger partial charge < -0.3 is 25.4 Å². The van der Waals surface area contributed by atoms with Crippen LogP contribution in [0.2, 0.25) is 0 Å². The molecule has 0 saturated carbocycles. The predicted molar refractivity (Wildman–Crippen MR) is 122 cm³/mol. The lowest BCUT2D eigenvalue weighted by Crippen LogP contribution is -2.18. The molecule has 0 saturated heterocycles. The van der Waals surface area contributed by atoms with E-state index in [0.717, 1.165) is 35.5 Å². The first-order valence-electron chi connectivity index (χ1n) is 10.5. The molecule has 0 unspecified atom stereocenters. The van der Waals surface area contributed by atoms with Crippen LogP contribution < -0.4 is 25.4 Å². The van der Waals surface area contributed by atoms with Crippen molar-refractivity contribution in [1.29, 1.82) is 0 Å². The average Bonchev–Trinajstić information content (AvgIpc) is 3.23. The molecule has 0 radical (unpaired) electrons. The van der Waals surface area contributed by atoms with Crippen molar-refractivity contribution in [2.45, 2.75) is 13.3 Å². The predicted octanol–water partition coefficient (Wildman–Crippen LogP) is 3.81. The van der Waals surface area contributed by atoms with E-state index >= 15 is 0 Å². The molecule has 32 heavy (non-hydrogen) atoms. The van der Waals surface area contributed by atoms with Crippen LogP contribution in [0.15, 0.2) is 54.6 Å². The van der Waals surface area contributed by atoms with E-state index in [9.17, 15) is 9.59 Å². The number of carbonyl (C=O) groups is 2. The minimum Gasteiger partial charge on any atom is -0.486 e. The standard InChI is InChI=1S/C25H23N3O4/c1-15-2-5-19(27-25(30)18-4-7-22-23(13-18)32-11-10-31-22)14-21(15)28-9-8-16-12-17(24(26)29)3-6-20(16)28/h2-7,12-14H,8-11H2,1H3,(H2,26,29)(H,27,30). The third-order valence-electron chi connectivity index (χ3n) is 5.82. The lowest BCUT2D eigenvalue weighted by Gasteiger charge is -2.23. The van der Waals surface area contributed by atoms with E-state index in [1.165, 1.54) is 0 Å². The molecule has 2 heterocycles. The summed E-state index contributed by atoms with van der Waals surface area (Å²) < 4.78 is 11.1. The first-order chi connectivity index (χ1) is 15.5. The minimum absolute atomic E-state index is 0.218. The summed E-state index contributed by atoms with van der Waals surface area (Å²) in [6.07, 6.45) is 0.823. The maximum Gasteiger partial charge on any atom is 0.255 e. The van der Waals surface area contributed by atoms with Crippen LogP contribution in [0.5, 0.6) is 11.5 Å². The van der Waals surface area contributed by atoms with Crippen molar-refractivity contribution in [2.24, 2.45) is 5.73 Å². The van der Waals surface area contributed by atoms with Gasteiger partial charge in [-0.2, -0.15) is 0 Å². The number of nitrogens with zero attached hydrogens (tertiary/aromatic N) is 1. The molecule has 5 rings (SSSR count). The van der Waals surface area contributed by atoms with Gasteiger partial charge in [0.05, 0.1) is 0 Å². The maximum atomic E-state index is 12.9. The van der Waals surface area contributed by atoms with Crippen molar-refractivity contribution in [3.63, 3.8) is 0 Å². The smallest absolute Gasteiger partial charge is 0.255 e. The topological polar surface area (TPSA) is 93.9 Å². The third kappa shape index (κ3) is 3.62. The molecule has 2 amide bonds. The second-order valence-electron chi connectivity index (χ2n) is 7.92. The lowest BCUT2D eigenvalue weighted by atomic mass is 10.1. The largest absolute Gasteiger partial charge is 0.486 e. The Morgan fingerprint density at radius 1 is 0.906 bits per heavy atom. The number of primary amides is 1. The van der Waals surface area contributed by atoms with Crippen LogP contribution in [0.1, 0.15) is 31.8 Å². The molecule has 0 aliphatic carbocycles. The summed E-state index contributed by atoms with van der Waals surface area (Å²) in [6.45, 7) is 3.81. The van der Waals surface area contributed by atoms with E-state index in [1.54, 1.807) is 24.3 Å². The molecule has 0 fully saturated rings. The van der Waals surface area contributed by atoms with Crippen LogP contribution in [0.4, 0.5) is 17.1 Å². The summed E-state index contributed by atoms with van der Waals surface area (Å²) in [5.74, 6) is 0.589. The molecule has 0 spiro atoms. The molecular formula is C25H23N3O4. The summed E-state index contributed by atoms with van der Waals surface area (Å²) in [4.78, 5) is 26.6. The second-order valence-corrected chi connectivity index (χ2v) is 7.92. The lowest BCUT2D eigenvalue weighted by molar-refractivity contribution is 0.0997. The van der Waals surface area contributed by atoms with Crippen molar-refractivity contribution < 1.29 is 19.1 Å². The highest BCUT2D eigenvalue weighted by atomic mass is 16.6. The molecular weight excluding hydrogens is 406 g/mol. The van der Waals surface area contributed by atoms with Gasteiger partial charge in [-0.3, -0.25) is 9.59 Å². The first-order valence-corrected chi connectivity index (χ1v) is 10.5. The molecule has 3 aromatic carbocycles. The summed E-state index contributed by atoms with van der Waals surface area (Å²) >= 11 is 0. The Bertz CT molecular complexity index is 1240. The van der Waals surface area contributed by atoms with Gasteiger partial charge in [0.15, 0.2) is 11.5 Å². The summed E-state index contributed by atoms with van der Waals surface area (Å²) in [6, 6.07) is 16.6. The molecule has 7 heteroatoms. The number of nitrogens with one attached hydrogen (secondary N) is 1. The number of nitrogens with two attached hydrogens (primary N) is 1. The van der Waals surface area contributed by atoms with Gasteiger partial charge in [-0.05, 0) is 73.0 Å². The quantitative estimate of drug-likeness (QED) is 0.658. The van der Waals surface area contributed by atoms with E-state index in [0.29, 0.717) is 41.5 Å². The van der Waals surface area contributed by atoms with Gasteiger partial charge in [-0.25, -0.2) is 0 Å². The van der Waals surface area contributed by atoms with Crippen molar-refractivity contribution in [1.82, 2.24) is 0 Å². The fraction of sp³-hybridized carbons (Fsp3) is 0.200. The molecule has 0 atom stereocenters. The molecule has 7 nitrogen and oxygen atoms in total. The van der Waals surface area contributed by atoms with Gasteiger partial charge in [-0.1, -0.05) is 6.07 Å². The van der Waals surface area contributed by atoms with Gasteiger partial charge in [0.2, 0.25) is 5.91 Å². The Hall–Kier alpha value is -4.00. The van der Waals surface area contributed by atoms with Crippen LogP contribution in [-0.4, -0.2) is 31.6 Å². The number of benzene rings is 3. The van der Waals surface area contributed by atoms with E-state index in [4.69, 9.17) is 15.2 Å². The Balaban J connectivity index is 1.39. The number of amides is 2. The normalized spacial score (nSPS) is 14.1. The van der Waals surface area contributed by atoms with E-state index < -0.39 is 5.91 Å². The number of fused-ring (bicyclic) bond motifs is 2. The zero-order chi connectivity index (χ0) is 22.2. The SMILES string of the molecule is Cc1ccc(NC(=O)c2ccc3c(c2)OCCO3)cc1N1CCc2cc(C(N)=O)ccc21. The fourth-order valence-electron chi connectivity index (χ4n) is 4.17. The Labute approximate surface area is 185 Å². The van der Waals surface area contributed by atoms with Crippen LogP contribution in [0.25, 0.3) is 0 Å². The highest BCUT2D eigenvalue weighted by Crippen LogP contribution is 2.38. The highest BCUT2D eigenvalue weighted by Gasteiger charge is 2.23. The number of anilines is 3. The van der Waals surface area contributed by atoms with Crippen molar-refractivity contribution in [3.8, 4) is 11.5 Å². The molecule has 2 aliphatic heterocycles. The summed E-state index contributed by atoms with van der Waals surface area (Å²) in [5, 5.41) is 2.98. The second kappa shape index (κ2) is 7.92. The highest BCUT2D eigenvalue weighted by molar-refractivity contribution is 6.05. The zero-order valence-corrected chi connectivity index (χ0v) is 17.7. The van der Waals surface area contributed by atoms with Crippen LogP contribution >= 0.6 is 0 Å². The Kier molecular flexibility index (Phi) is 4.93. The van der Waals surface area contributed by atoms with Gasteiger partial charge in [-0.15, -0.1) is 0 Å². The first kappa shape index (κ1) is 19.9. The number of hydrogen-bond acceptors (Lipinski definition) is 5. The molecule has 3 N–H and O–H groups in total. The number of rotatable bonds is 4. The molecule has 0 bridgehead atoms. The Morgan fingerprint density at radius 3 is 2.50 bits per heavy atom. The van der Waals surface area contributed by atoms with Gasteiger partial charge in [0.25, 0.3) is 5.91 Å². The van der Waals surface area contributed by atoms with Crippen molar-refractivity contribution >= 4 is 28.9 Å². The van der Waals surface area contributed by atoms with E-state index in [2.05, 4.69) is 10.2 Å². The number of carbonyl (C=O) groups excluding carboxylic acids is 2. The monoisotopic (exact) mass is 429 g/mol. The fourth-order valence-corrected chi connectivity index (χ4v) is 4.17. The van der Waals surface area contributed by atoms with Crippen LogP contribution in [-0.2, 0) is 6.42 Å². The zero-order valence-electron chi connectivity index (χ0n) is 17.7. The summed E-state index contributed by atoms with van der Waals surface area (Å²) in [7, 11) is 0. The molecule has 3 aromatic rings. The Morgan fingerprint density at radius 2 is 1.69 bits per heavy atom. The maximum absolute atomic E-state index is 12.9. The minimum atomic E-state index is -0.425. The molecule has 162 valence electrons. The molecule has 0 aromatic heterocycles. The summed E-state index contributed by atoms with van der Waals surface area (Å²) in [5.41, 5.74) is 11.4. The number of hydrogen-bond donors (Lipinski definition) is 2. The molecule has 2 aliphatic rings. The van der Waals surface area contributed by atoms with Crippen molar-refractivity contribution in [3.05, 3.63) is 76.9 Å². The number of ether oxygens (including phenoxy) is 2. The van der Waals surface area contributed by atoms with E-state index in [-0.39, 0.29) is 5.91 Å². The van der Waals surface area contributed by atoms with Gasteiger partial charge >= 0.3 is 0 Å². The van der Waals surface area contributed by atoms with Crippen LogP contribution in [0, 0.1) is 6.92 Å². The number of aryl methyl sites for hydroxylation is 1. The average molecular weight is 429 g/mol.